The van der Waals surface area contributed by atoms with Crippen molar-refractivity contribution in [1.29, 1.82) is 0 Å². The number of allylic oxidation sites excluding steroid dienone is 1. The van der Waals surface area contributed by atoms with Crippen LogP contribution in [0.1, 0.15) is 87.7 Å². The second-order valence-corrected chi connectivity index (χ2v) is 14.2. The largest absolute Gasteiger partial charge is 0.479 e. The van der Waals surface area contributed by atoms with Gasteiger partial charge in [0.15, 0.2) is 5.78 Å². The molecule has 1 saturated heterocycles. The number of carbonyl (C=O) groups is 5. The molecule has 3 N–H and O–H groups in total. The smallest absolute Gasteiger partial charge is 0.408 e. The molecule has 3 heterocycles. The number of carboxylic acids is 1. The highest BCUT2D eigenvalue weighted by atomic mass is 16.6. The number of nitrogens with zero attached hydrogens (tertiary/aromatic N) is 4. The van der Waals surface area contributed by atoms with Crippen LogP contribution in [-0.2, 0) is 19.1 Å². The number of ether oxygens (including phenoxy) is 1. The molecular weight excluding hydrogens is 628 g/mol. The minimum atomic E-state index is -1.45. The molecule has 3 amide bonds. The number of aliphatic carboxylic acids is 1. The van der Waals surface area contributed by atoms with E-state index in [-0.39, 0.29) is 31.1 Å². The van der Waals surface area contributed by atoms with Crippen LogP contribution in [0.4, 0.5) is 4.79 Å². The Balaban J connectivity index is 1.30. The van der Waals surface area contributed by atoms with Crippen LogP contribution >= 0.6 is 0 Å². The van der Waals surface area contributed by atoms with Crippen molar-refractivity contribution in [2.75, 3.05) is 6.54 Å². The van der Waals surface area contributed by atoms with Crippen molar-refractivity contribution in [3.05, 3.63) is 71.8 Å². The molecule has 49 heavy (non-hydrogen) atoms. The van der Waals surface area contributed by atoms with E-state index in [0.29, 0.717) is 35.0 Å². The highest BCUT2D eigenvalue weighted by molar-refractivity contribution is 6.10. The highest BCUT2D eigenvalue weighted by Crippen LogP contribution is 2.45. The van der Waals surface area contributed by atoms with Gasteiger partial charge in [0.25, 0.3) is 0 Å². The van der Waals surface area contributed by atoms with E-state index in [1.54, 1.807) is 63.2 Å². The van der Waals surface area contributed by atoms with Gasteiger partial charge in [0, 0.05) is 30.0 Å². The van der Waals surface area contributed by atoms with E-state index < -0.39 is 53.1 Å². The van der Waals surface area contributed by atoms with E-state index in [0.717, 1.165) is 19.3 Å². The molecule has 2 aromatic carbocycles. The summed E-state index contributed by atoms with van der Waals surface area (Å²) in [4.78, 5) is 69.5. The molecule has 2 aliphatic heterocycles. The number of hydrogen-bond acceptors (Lipinski definition) is 8. The number of nitrogens with one attached hydrogen (secondary N) is 2. The van der Waals surface area contributed by atoms with Crippen LogP contribution in [0.25, 0.3) is 11.0 Å². The minimum absolute atomic E-state index is 0.0453. The van der Waals surface area contributed by atoms with Gasteiger partial charge < -0.3 is 25.4 Å². The molecule has 1 saturated carbocycles. The Morgan fingerprint density at radius 2 is 1.76 bits per heavy atom. The Kier molecular flexibility index (Phi) is 9.28. The Hall–Kier alpha value is -5.07. The maximum absolute atomic E-state index is 14.3. The number of alkyl carbamates (subject to hydrolysis) is 1. The average Bonchev–Trinajstić information content (AvgIpc) is 3.37. The van der Waals surface area contributed by atoms with Crippen molar-refractivity contribution in [1.82, 2.24) is 30.5 Å². The normalized spacial score (nSPS) is 26.8. The summed E-state index contributed by atoms with van der Waals surface area (Å²) in [6.45, 7) is 5.24. The van der Waals surface area contributed by atoms with Crippen LogP contribution in [-0.4, -0.2) is 84.4 Å². The Morgan fingerprint density at radius 1 is 1.00 bits per heavy atom. The van der Waals surface area contributed by atoms with Gasteiger partial charge in [-0.1, -0.05) is 55.3 Å². The van der Waals surface area contributed by atoms with Crippen molar-refractivity contribution in [2.45, 2.75) is 95.0 Å². The number of ketones is 1. The van der Waals surface area contributed by atoms with Gasteiger partial charge in [0.05, 0.1) is 6.04 Å². The molecule has 1 aliphatic carbocycles. The second-order valence-electron chi connectivity index (χ2n) is 14.2. The van der Waals surface area contributed by atoms with Crippen LogP contribution < -0.4 is 10.6 Å². The summed E-state index contributed by atoms with van der Waals surface area (Å²) < 4.78 is 5.46. The third-order valence-electron chi connectivity index (χ3n) is 9.35. The molecule has 6 rings (SSSR count). The molecule has 13 nitrogen and oxygen atoms in total. The quantitative estimate of drug-likeness (QED) is 0.266. The zero-order chi connectivity index (χ0) is 34.9. The molecular formula is C36H42N6O7. The summed E-state index contributed by atoms with van der Waals surface area (Å²) in [5.41, 5.74) is -0.236. The van der Waals surface area contributed by atoms with Crippen molar-refractivity contribution < 1.29 is 33.8 Å². The van der Waals surface area contributed by atoms with Crippen molar-refractivity contribution in [2.24, 2.45) is 5.92 Å². The number of amides is 3. The standard InChI is InChI=1S/C36H42N6O7/c1-35(2,3)49-34(48)37-27-15-11-6-4-5-10-14-24-20-36(24,33(46)47)38-31(44)29-19-25(21-41(29)32(27)45)42-39-26-17-16-23(18-28(26)40-42)30(43)22-12-8-7-9-13-22/h7-10,12-14,16-18,24-25,27,29H,4-6,11,15,19-21H2,1-3H3,(H,37,48)(H,38,44)(H,46,47)/b14-10-/t24-,25+,27+,29+,36+/m1/s1. The molecule has 0 unspecified atom stereocenters. The topological polar surface area (TPSA) is 173 Å². The molecule has 5 atom stereocenters. The van der Waals surface area contributed by atoms with E-state index in [1.165, 1.54) is 9.70 Å². The van der Waals surface area contributed by atoms with Crippen LogP contribution in [0.5, 0.6) is 0 Å². The van der Waals surface area contributed by atoms with Gasteiger partial charge in [-0.2, -0.15) is 15.0 Å². The molecule has 13 heteroatoms. The summed E-state index contributed by atoms with van der Waals surface area (Å²) in [7, 11) is 0. The summed E-state index contributed by atoms with van der Waals surface area (Å²) in [6.07, 6.45) is 6.78. The summed E-state index contributed by atoms with van der Waals surface area (Å²) >= 11 is 0. The van der Waals surface area contributed by atoms with Crippen LogP contribution in [0.3, 0.4) is 0 Å². The van der Waals surface area contributed by atoms with E-state index in [1.807, 2.05) is 18.2 Å². The van der Waals surface area contributed by atoms with Gasteiger partial charge >= 0.3 is 12.1 Å². The lowest BCUT2D eigenvalue weighted by Crippen LogP contribution is -2.56. The average molecular weight is 671 g/mol. The first-order chi connectivity index (χ1) is 23.3. The molecule has 1 aromatic heterocycles. The van der Waals surface area contributed by atoms with E-state index in [4.69, 9.17) is 4.74 Å². The van der Waals surface area contributed by atoms with E-state index >= 15 is 0 Å². The summed E-state index contributed by atoms with van der Waals surface area (Å²) in [5, 5.41) is 24.9. The maximum atomic E-state index is 14.3. The lowest BCUT2D eigenvalue weighted by atomic mass is 10.0. The van der Waals surface area contributed by atoms with Gasteiger partial charge in [-0.3, -0.25) is 14.4 Å². The van der Waals surface area contributed by atoms with Crippen molar-refractivity contribution in [3.63, 3.8) is 0 Å². The first-order valence-electron chi connectivity index (χ1n) is 16.8. The number of aromatic nitrogens is 3. The van der Waals surface area contributed by atoms with Crippen LogP contribution in [0, 0.1) is 5.92 Å². The number of rotatable bonds is 5. The summed E-state index contributed by atoms with van der Waals surface area (Å²) in [6, 6.07) is 11.4. The fraction of sp³-hybridized carbons (Fsp3) is 0.472. The minimum Gasteiger partial charge on any atom is -0.479 e. The van der Waals surface area contributed by atoms with E-state index in [2.05, 4.69) is 20.8 Å². The van der Waals surface area contributed by atoms with Gasteiger partial charge in [-0.25, -0.2) is 9.59 Å². The Morgan fingerprint density at radius 3 is 2.49 bits per heavy atom. The molecule has 0 radical (unpaired) electrons. The number of hydrogen-bond donors (Lipinski definition) is 3. The molecule has 3 aromatic rings. The lowest BCUT2D eigenvalue weighted by Gasteiger charge is -2.30. The van der Waals surface area contributed by atoms with Crippen LogP contribution in [0.15, 0.2) is 60.7 Å². The van der Waals surface area contributed by atoms with Gasteiger partial charge in [0.1, 0.15) is 34.3 Å². The van der Waals surface area contributed by atoms with Gasteiger partial charge in [-0.05, 0) is 64.7 Å². The fourth-order valence-electron chi connectivity index (χ4n) is 6.69. The predicted molar refractivity (Wildman–Crippen MR) is 179 cm³/mol. The van der Waals surface area contributed by atoms with Gasteiger partial charge in [-0.15, -0.1) is 0 Å². The highest BCUT2D eigenvalue weighted by Gasteiger charge is 2.61. The van der Waals surface area contributed by atoms with E-state index in [9.17, 15) is 29.1 Å². The fourth-order valence-corrected chi connectivity index (χ4v) is 6.69. The molecule has 258 valence electrons. The molecule has 3 aliphatic rings. The summed E-state index contributed by atoms with van der Waals surface area (Å²) in [5.74, 6) is -2.70. The number of carbonyl (C=O) groups excluding carboxylic acids is 4. The zero-order valence-corrected chi connectivity index (χ0v) is 27.9. The van der Waals surface area contributed by atoms with Crippen LogP contribution in [0.2, 0.25) is 0 Å². The third-order valence-corrected chi connectivity index (χ3v) is 9.35. The number of fused-ring (bicyclic) bond motifs is 3. The Labute approximate surface area is 284 Å². The number of benzene rings is 2. The molecule has 2 fully saturated rings. The monoisotopic (exact) mass is 670 g/mol. The first-order valence-corrected chi connectivity index (χ1v) is 16.8. The maximum Gasteiger partial charge on any atom is 0.408 e. The second kappa shape index (κ2) is 13.4. The predicted octanol–water partition coefficient (Wildman–Crippen LogP) is 4.18. The number of carboxylic acid groups (broad SMARTS) is 1. The van der Waals surface area contributed by atoms with Gasteiger partial charge in [0.2, 0.25) is 11.8 Å². The lowest BCUT2D eigenvalue weighted by molar-refractivity contribution is -0.145. The molecule has 0 spiro atoms. The SMILES string of the molecule is CC(C)(C)OC(=O)N[C@H]1CCCCC/C=C\[C@@H]2C[C@]2(C(=O)O)NC(=O)[C@@H]2C[C@H](n3nc4ccc(C(=O)c5ccccc5)cc4n3)CN2C1=O. The first kappa shape index (κ1) is 33.8. The van der Waals surface area contributed by atoms with Crippen molar-refractivity contribution in [3.8, 4) is 0 Å². The third kappa shape index (κ3) is 7.35. The Bertz CT molecular complexity index is 1800. The zero-order valence-electron chi connectivity index (χ0n) is 27.9. The van der Waals surface area contributed by atoms with Crippen molar-refractivity contribution >= 4 is 40.7 Å². The molecule has 0 bridgehead atoms.